The van der Waals surface area contributed by atoms with Gasteiger partial charge in [0.2, 0.25) is 11.8 Å². The molecule has 118 valence electrons. The number of aromatic hydroxyl groups is 3. The maximum absolute atomic E-state index is 11.0. The predicted molar refractivity (Wildman–Crippen MR) is 81.3 cm³/mol. The zero-order valence-corrected chi connectivity index (χ0v) is 12.0. The first kappa shape index (κ1) is 13.7. The standard InChI is InChI=1S/C16H14N2O5/c19-12-6-5-10(7-11(12)18(22)23)17-15(20)13-8-1-2-9(4-3-8)14(13)16(17)21/h1-2,5-9,19-21H,3-4H2/t8-,9+. The molecule has 1 aromatic carbocycles. The second kappa shape index (κ2) is 4.52. The van der Waals surface area contributed by atoms with Crippen LogP contribution in [0.25, 0.3) is 5.69 Å². The monoisotopic (exact) mass is 314 g/mol. The van der Waals surface area contributed by atoms with Gasteiger partial charge in [0.25, 0.3) is 0 Å². The van der Waals surface area contributed by atoms with Gasteiger partial charge in [-0.15, -0.1) is 0 Å². The van der Waals surface area contributed by atoms with E-state index in [1.807, 2.05) is 12.2 Å². The third-order valence-corrected chi connectivity index (χ3v) is 4.72. The van der Waals surface area contributed by atoms with Crippen LogP contribution in [0.1, 0.15) is 35.8 Å². The maximum atomic E-state index is 11.0. The number of phenolic OH excluding ortho intramolecular Hbond substituents is 1. The van der Waals surface area contributed by atoms with Crippen molar-refractivity contribution in [3.63, 3.8) is 0 Å². The van der Waals surface area contributed by atoms with Gasteiger partial charge in [-0.05, 0) is 25.0 Å². The van der Waals surface area contributed by atoms with E-state index in [9.17, 15) is 25.4 Å². The van der Waals surface area contributed by atoms with Crippen molar-refractivity contribution >= 4 is 5.69 Å². The first-order chi connectivity index (χ1) is 11.0. The van der Waals surface area contributed by atoms with Gasteiger partial charge in [-0.2, -0.15) is 0 Å². The van der Waals surface area contributed by atoms with E-state index in [-0.39, 0.29) is 29.3 Å². The van der Waals surface area contributed by atoms with Gasteiger partial charge in [0.1, 0.15) is 0 Å². The van der Waals surface area contributed by atoms with Crippen LogP contribution in [0.2, 0.25) is 0 Å². The van der Waals surface area contributed by atoms with Crippen molar-refractivity contribution in [2.24, 2.45) is 0 Å². The van der Waals surface area contributed by atoms with Crippen molar-refractivity contribution in [2.75, 3.05) is 0 Å². The van der Waals surface area contributed by atoms with Crippen molar-refractivity contribution in [3.8, 4) is 23.2 Å². The minimum absolute atomic E-state index is 0.0502. The molecular formula is C16H14N2O5. The Morgan fingerprint density at radius 3 is 2.09 bits per heavy atom. The van der Waals surface area contributed by atoms with Gasteiger partial charge < -0.3 is 15.3 Å². The minimum Gasteiger partial charge on any atom is -0.502 e. The van der Waals surface area contributed by atoms with E-state index in [0.29, 0.717) is 11.1 Å². The summed E-state index contributed by atoms with van der Waals surface area (Å²) in [5, 5.41) is 41.7. The second-order valence-electron chi connectivity index (χ2n) is 5.92. The highest BCUT2D eigenvalue weighted by molar-refractivity contribution is 5.62. The molecule has 2 aromatic rings. The van der Waals surface area contributed by atoms with Crippen LogP contribution in [0, 0.1) is 10.1 Å². The van der Waals surface area contributed by atoms with Crippen LogP contribution in [0.3, 0.4) is 0 Å². The fourth-order valence-electron chi connectivity index (χ4n) is 3.66. The summed E-state index contributed by atoms with van der Waals surface area (Å²) in [5.74, 6) is -0.562. The van der Waals surface area contributed by atoms with Crippen molar-refractivity contribution in [1.82, 2.24) is 4.57 Å². The molecule has 0 saturated heterocycles. The number of phenols is 1. The van der Waals surface area contributed by atoms with Crippen LogP contribution in [0.4, 0.5) is 5.69 Å². The molecule has 0 radical (unpaired) electrons. The lowest BCUT2D eigenvalue weighted by molar-refractivity contribution is -0.385. The topological polar surface area (TPSA) is 109 Å². The number of rotatable bonds is 2. The van der Waals surface area contributed by atoms with Gasteiger partial charge in [0.05, 0.1) is 10.6 Å². The molecule has 0 saturated carbocycles. The van der Waals surface area contributed by atoms with Crippen LogP contribution >= 0.6 is 0 Å². The van der Waals surface area contributed by atoms with E-state index in [2.05, 4.69) is 0 Å². The summed E-state index contributed by atoms with van der Waals surface area (Å²) in [4.78, 5) is 10.3. The molecule has 7 heteroatoms. The minimum atomic E-state index is -0.707. The number of nitro benzene ring substituents is 1. The van der Waals surface area contributed by atoms with Crippen LogP contribution in [0.5, 0.6) is 17.5 Å². The van der Waals surface area contributed by atoms with Crippen LogP contribution < -0.4 is 0 Å². The van der Waals surface area contributed by atoms with Gasteiger partial charge in [0.15, 0.2) is 5.75 Å². The highest BCUT2D eigenvalue weighted by atomic mass is 16.6. The molecular weight excluding hydrogens is 300 g/mol. The normalized spacial score (nSPS) is 21.4. The van der Waals surface area contributed by atoms with Gasteiger partial charge in [0, 0.05) is 29.0 Å². The Kier molecular flexibility index (Phi) is 2.69. The maximum Gasteiger partial charge on any atom is 0.312 e. The molecule has 7 nitrogen and oxygen atoms in total. The molecule has 1 heterocycles. The third kappa shape index (κ3) is 1.76. The van der Waals surface area contributed by atoms with Gasteiger partial charge in [-0.25, -0.2) is 0 Å². The van der Waals surface area contributed by atoms with Crippen molar-refractivity contribution in [3.05, 3.63) is 51.6 Å². The highest BCUT2D eigenvalue weighted by Crippen LogP contribution is 2.54. The Balaban J connectivity index is 1.94. The second-order valence-corrected chi connectivity index (χ2v) is 5.92. The Morgan fingerprint density at radius 2 is 1.61 bits per heavy atom. The zero-order valence-electron chi connectivity index (χ0n) is 12.0. The Bertz CT molecular complexity index is 830. The Morgan fingerprint density at radius 1 is 1.04 bits per heavy atom. The highest BCUT2D eigenvalue weighted by Gasteiger charge is 2.38. The van der Waals surface area contributed by atoms with E-state index in [1.165, 1.54) is 16.7 Å². The molecule has 5 rings (SSSR count). The van der Waals surface area contributed by atoms with Crippen molar-refractivity contribution < 1.29 is 20.2 Å². The number of fused-ring (bicyclic) bond motifs is 1. The number of nitrogens with zero attached hydrogens (tertiary/aromatic N) is 2. The number of hydrogen-bond acceptors (Lipinski definition) is 5. The van der Waals surface area contributed by atoms with Crippen molar-refractivity contribution in [1.29, 1.82) is 0 Å². The largest absolute Gasteiger partial charge is 0.502 e. The van der Waals surface area contributed by atoms with E-state index in [1.54, 1.807) is 0 Å². The number of nitro groups is 1. The summed E-state index contributed by atoms with van der Waals surface area (Å²) < 4.78 is 1.20. The number of allylic oxidation sites excluding steroid dienone is 2. The van der Waals surface area contributed by atoms with Gasteiger partial charge in [-0.1, -0.05) is 12.2 Å². The van der Waals surface area contributed by atoms with Crippen LogP contribution in [-0.4, -0.2) is 24.8 Å². The molecule has 0 spiro atoms. The summed E-state index contributed by atoms with van der Waals surface area (Å²) in [7, 11) is 0. The molecule has 0 fully saturated rings. The predicted octanol–water partition coefficient (Wildman–Crippen LogP) is 3.03. The quantitative estimate of drug-likeness (QED) is 0.448. The summed E-state index contributed by atoms with van der Waals surface area (Å²) in [6.45, 7) is 0. The molecule has 3 aliphatic carbocycles. The fraction of sp³-hybridized carbons (Fsp3) is 0.250. The summed E-state index contributed by atoms with van der Waals surface area (Å²) in [5.41, 5.74) is 1.14. The van der Waals surface area contributed by atoms with Crippen molar-refractivity contribution in [2.45, 2.75) is 24.7 Å². The SMILES string of the molecule is O=[N+]([O-])c1cc(-n2c(O)c3c(c2O)[C@H]2C=C[C@@H]3CC2)ccc1O. The molecule has 0 aliphatic heterocycles. The molecule has 23 heavy (non-hydrogen) atoms. The zero-order chi connectivity index (χ0) is 16.3. The molecule has 2 atom stereocenters. The summed E-state index contributed by atoms with van der Waals surface area (Å²) in [6.07, 6.45) is 5.86. The molecule has 3 aliphatic rings. The lowest BCUT2D eigenvalue weighted by atomic mass is 9.73. The third-order valence-electron chi connectivity index (χ3n) is 4.72. The van der Waals surface area contributed by atoms with E-state index < -0.39 is 16.4 Å². The number of aromatic nitrogens is 1. The van der Waals surface area contributed by atoms with Gasteiger partial charge >= 0.3 is 5.69 Å². The average Bonchev–Trinajstić information content (AvgIpc) is 2.83. The fourth-order valence-corrected chi connectivity index (χ4v) is 3.66. The van der Waals surface area contributed by atoms with E-state index in [0.717, 1.165) is 18.9 Å². The Hall–Kier alpha value is -2.96. The van der Waals surface area contributed by atoms with Crippen LogP contribution in [0.15, 0.2) is 30.4 Å². The number of hydrogen-bond donors (Lipinski definition) is 3. The summed E-state index contributed by atoms with van der Waals surface area (Å²) in [6, 6.07) is 3.73. The van der Waals surface area contributed by atoms with E-state index in [4.69, 9.17) is 0 Å². The van der Waals surface area contributed by atoms with Crippen LogP contribution in [-0.2, 0) is 0 Å². The number of benzene rings is 1. The molecule has 0 amide bonds. The van der Waals surface area contributed by atoms with Gasteiger partial charge in [-0.3, -0.25) is 14.7 Å². The van der Waals surface area contributed by atoms with E-state index >= 15 is 0 Å². The molecule has 1 aromatic heterocycles. The Labute approximate surface area is 130 Å². The lowest BCUT2D eigenvalue weighted by Crippen LogP contribution is -2.15. The molecule has 0 unspecified atom stereocenters. The average molecular weight is 314 g/mol. The molecule has 2 bridgehead atoms. The molecule has 3 N–H and O–H groups in total. The smallest absolute Gasteiger partial charge is 0.312 e. The first-order valence-corrected chi connectivity index (χ1v) is 7.31. The lowest BCUT2D eigenvalue weighted by Gasteiger charge is -2.30. The first-order valence-electron chi connectivity index (χ1n) is 7.31. The summed E-state index contributed by atoms with van der Waals surface area (Å²) >= 11 is 0.